The highest BCUT2D eigenvalue weighted by Gasteiger charge is 2.21. The first-order chi connectivity index (χ1) is 27.1. The summed E-state index contributed by atoms with van der Waals surface area (Å²) in [5.41, 5.74) is 0. The summed E-state index contributed by atoms with van der Waals surface area (Å²) in [5.74, 6) is 10.2. The molecule has 0 aromatic rings. The van der Waals surface area contributed by atoms with Gasteiger partial charge in [0, 0.05) is 18.1 Å². The van der Waals surface area contributed by atoms with Crippen LogP contribution in [0.25, 0.3) is 0 Å². The van der Waals surface area contributed by atoms with E-state index in [-0.39, 0.29) is 0 Å². The molecule has 0 aromatic carbocycles. The second-order valence-corrected chi connectivity index (χ2v) is 21.8. The molecule has 57 heavy (non-hydrogen) atoms. The summed E-state index contributed by atoms with van der Waals surface area (Å²) in [6.07, 6.45) is 24.5. The lowest BCUT2D eigenvalue weighted by atomic mass is 9.78. The van der Waals surface area contributed by atoms with Gasteiger partial charge in [-0.3, -0.25) is 0 Å². The molecule has 0 amide bonds. The molecule has 0 aromatic heterocycles. The Morgan fingerprint density at radius 1 is 0.263 bits per heavy atom. The van der Waals surface area contributed by atoms with Crippen LogP contribution in [0, 0.1) is 65.1 Å². The fraction of sp³-hybridized carbons (Fsp3) is 1.00. The van der Waals surface area contributed by atoms with Gasteiger partial charge in [-0.25, -0.2) is 0 Å². The molecule has 2 aliphatic carbocycles. The minimum atomic E-state index is 0.804. The summed E-state index contributed by atoms with van der Waals surface area (Å²) in [6, 6.07) is 2.45. The van der Waals surface area contributed by atoms with Crippen LogP contribution >= 0.6 is 0 Å². The Bertz CT molecular complexity index is 755. The van der Waals surface area contributed by atoms with Crippen molar-refractivity contribution in [1.29, 1.82) is 0 Å². The Morgan fingerprint density at radius 2 is 0.614 bits per heavy atom. The smallest absolute Gasteiger partial charge is 0.0102 e. The van der Waals surface area contributed by atoms with Crippen LogP contribution in [0.5, 0.6) is 0 Å². The van der Waals surface area contributed by atoms with Crippen LogP contribution < -0.4 is 26.6 Å². The molecule has 5 unspecified atom stereocenters. The fourth-order valence-electron chi connectivity index (χ4n) is 9.21. The maximum atomic E-state index is 3.52. The molecule has 0 bridgehead atoms. The van der Waals surface area contributed by atoms with Gasteiger partial charge in [0.2, 0.25) is 0 Å². The number of nitrogens with one attached hydrogen (secondary N) is 5. The molecular formula is C52H109N5. The van der Waals surface area contributed by atoms with E-state index >= 15 is 0 Å². The first kappa shape index (κ1) is 54.8. The fourth-order valence-corrected chi connectivity index (χ4v) is 9.21. The second-order valence-electron chi connectivity index (χ2n) is 21.8. The van der Waals surface area contributed by atoms with E-state index in [4.69, 9.17) is 0 Å². The van der Waals surface area contributed by atoms with Crippen molar-refractivity contribution in [3.8, 4) is 0 Å². The SMILES string of the molecule is CC(C)C1CCC1.CC(C)C1CCCCC1.CC(C)C1CCCCN1.CC(C)C1CCCN1.CC(C)C1CCCNC1.CC(C)C1CCN1.CC(C)C1CCNC1. The van der Waals surface area contributed by atoms with Gasteiger partial charge in [-0.05, 0) is 162 Å². The average molecular weight is 804 g/mol. The van der Waals surface area contributed by atoms with Crippen LogP contribution in [0.3, 0.4) is 0 Å². The molecule has 5 heterocycles. The van der Waals surface area contributed by atoms with Crippen molar-refractivity contribution in [2.45, 2.75) is 224 Å². The number of piperidine rings is 2. The van der Waals surface area contributed by atoms with Crippen molar-refractivity contribution in [2.75, 3.05) is 45.8 Å². The van der Waals surface area contributed by atoms with Gasteiger partial charge in [-0.15, -0.1) is 0 Å². The Kier molecular flexibility index (Phi) is 32.1. The maximum absolute atomic E-state index is 3.52. The largest absolute Gasteiger partial charge is 0.316 e. The van der Waals surface area contributed by atoms with Crippen molar-refractivity contribution >= 4 is 0 Å². The van der Waals surface area contributed by atoms with Crippen LogP contribution in [0.4, 0.5) is 0 Å². The van der Waals surface area contributed by atoms with Gasteiger partial charge in [-0.2, -0.15) is 0 Å². The molecule has 7 rings (SSSR count). The summed E-state index contributed by atoms with van der Waals surface area (Å²) < 4.78 is 0. The van der Waals surface area contributed by atoms with Crippen LogP contribution in [0.2, 0.25) is 0 Å². The Balaban J connectivity index is 0.000000333. The normalized spacial score (nSPS) is 27.6. The van der Waals surface area contributed by atoms with E-state index in [9.17, 15) is 0 Å². The highest BCUT2D eigenvalue weighted by molar-refractivity contribution is 4.80. The molecule has 0 spiro atoms. The van der Waals surface area contributed by atoms with Gasteiger partial charge in [-0.1, -0.05) is 155 Å². The zero-order valence-electron chi connectivity index (χ0n) is 41.6. The summed E-state index contributed by atoms with van der Waals surface area (Å²) in [4.78, 5) is 0. The van der Waals surface area contributed by atoms with Crippen LogP contribution in [-0.4, -0.2) is 63.9 Å². The predicted molar refractivity (Wildman–Crippen MR) is 257 cm³/mol. The van der Waals surface area contributed by atoms with Crippen molar-refractivity contribution in [3.63, 3.8) is 0 Å². The van der Waals surface area contributed by atoms with Crippen molar-refractivity contribution in [3.05, 3.63) is 0 Å². The van der Waals surface area contributed by atoms with E-state index in [1.165, 1.54) is 155 Å². The standard InChI is InChI=1S/C9H18.2C8H17N.2C7H15N.C7H14.C6H13N/c1-8(2)9-6-4-3-5-7-9;1-7(2)8-4-3-5-9-6-8;1-7(2)8-5-3-4-6-9-8;1-6(2)7-3-4-8-5-7;1-6(2)7-4-3-5-8-7;1-6(2)7-4-3-5-7;1-5(2)6-3-4-7-6/h8-9H,3-7H2,1-2H3;2*7-9H,3-6H2,1-2H3;2*6-8H,3-5H2,1-2H3;6-7H,3-5H2,1-2H3;5-7H,3-4H2,1-2H3. The average Bonchev–Trinajstić information content (AvgIpc) is 3.89. The van der Waals surface area contributed by atoms with Gasteiger partial charge in [0.15, 0.2) is 0 Å². The topological polar surface area (TPSA) is 60.1 Å². The molecule has 5 N–H and O–H groups in total. The van der Waals surface area contributed by atoms with Gasteiger partial charge in [0.1, 0.15) is 0 Å². The third-order valence-electron chi connectivity index (χ3n) is 14.7. The maximum Gasteiger partial charge on any atom is 0.0102 e. The zero-order valence-corrected chi connectivity index (χ0v) is 41.6. The number of rotatable bonds is 7. The summed E-state index contributed by atoms with van der Waals surface area (Å²) in [5, 5.41) is 17.1. The molecule has 5 aliphatic heterocycles. The molecule has 5 heteroatoms. The lowest BCUT2D eigenvalue weighted by molar-refractivity contribution is 0.235. The molecule has 342 valence electrons. The summed E-state index contributed by atoms with van der Waals surface area (Å²) >= 11 is 0. The third-order valence-corrected chi connectivity index (χ3v) is 14.7. The van der Waals surface area contributed by atoms with Crippen LogP contribution in [-0.2, 0) is 0 Å². The zero-order chi connectivity index (χ0) is 42.6. The van der Waals surface area contributed by atoms with Crippen molar-refractivity contribution in [2.24, 2.45) is 65.1 Å². The Hall–Kier alpha value is -0.200. The van der Waals surface area contributed by atoms with Gasteiger partial charge in [0.25, 0.3) is 0 Å². The third kappa shape index (κ3) is 26.7. The Labute approximate surface area is 360 Å². The minimum absolute atomic E-state index is 0.804. The van der Waals surface area contributed by atoms with E-state index < -0.39 is 0 Å². The van der Waals surface area contributed by atoms with E-state index in [0.29, 0.717) is 0 Å². The first-order valence-corrected chi connectivity index (χ1v) is 25.7. The summed E-state index contributed by atoms with van der Waals surface area (Å²) in [6.45, 7) is 41.0. The molecule has 2 saturated carbocycles. The summed E-state index contributed by atoms with van der Waals surface area (Å²) in [7, 11) is 0. The van der Waals surface area contributed by atoms with E-state index in [1.54, 1.807) is 0 Å². The van der Waals surface area contributed by atoms with E-state index in [0.717, 1.165) is 83.2 Å². The van der Waals surface area contributed by atoms with Crippen molar-refractivity contribution in [1.82, 2.24) is 26.6 Å². The van der Waals surface area contributed by atoms with Crippen LogP contribution in [0.15, 0.2) is 0 Å². The lowest BCUT2D eigenvalue weighted by Crippen LogP contribution is -2.46. The quantitative estimate of drug-likeness (QED) is 0.177. The monoisotopic (exact) mass is 804 g/mol. The minimum Gasteiger partial charge on any atom is -0.316 e. The van der Waals surface area contributed by atoms with E-state index in [1.807, 2.05) is 0 Å². The van der Waals surface area contributed by atoms with Crippen molar-refractivity contribution < 1.29 is 0 Å². The second kappa shape index (κ2) is 33.4. The molecular weight excluding hydrogens is 695 g/mol. The number of hydrogen-bond donors (Lipinski definition) is 5. The molecule has 7 aliphatic rings. The van der Waals surface area contributed by atoms with E-state index in [2.05, 4.69) is 124 Å². The predicted octanol–water partition coefficient (Wildman–Crippen LogP) is 12.7. The molecule has 5 nitrogen and oxygen atoms in total. The molecule has 7 fully saturated rings. The van der Waals surface area contributed by atoms with Gasteiger partial charge >= 0.3 is 0 Å². The Morgan fingerprint density at radius 3 is 0.842 bits per heavy atom. The number of hydrogen-bond acceptors (Lipinski definition) is 5. The van der Waals surface area contributed by atoms with Gasteiger partial charge < -0.3 is 26.6 Å². The molecule has 5 saturated heterocycles. The highest BCUT2D eigenvalue weighted by atomic mass is 15.0. The highest BCUT2D eigenvalue weighted by Crippen LogP contribution is 2.32. The molecule has 0 radical (unpaired) electrons. The lowest BCUT2D eigenvalue weighted by Gasteiger charge is -2.30. The van der Waals surface area contributed by atoms with Crippen LogP contribution in [0.1, 0.15) is 206 Å². The molecule has 5 atom stereocenters. The first-order valence-electron chi connectivity index (χ1n) is 25.7. The van der Waals surface area contributed by atoms with Gasteiger partial charge in [0.05, 0.1) is 0 Å².